The van der Waals surface area contributed by atoms with E-state index in [4.69, 9.17) is 9.15 Å². The number of rotatable bonds is 4. The van der Waals surface area contributed by atoms with Gasteiger partial charge in [0.25, 0.3) is 5.91 Å². The third-order valence-corrected chi connectivity index (χ3v) is 4.32. The van der Waals surface area contributed by atoms with Gasteiger partial charge in [-0.05, 0) is 25.0 Å². The average molecular weight is 330 g/mol. The first-order valence-electron chi connectivity index (χ1n) is 8.34. The Labute approximate surface area is 140 Å². The number of piperidine rings is 1. The second kappa shape index (κ2) is 7.03. The van der Waals surface area contributed by atoms with Crippen LogP contribution in [0.1, 0.15) is 38.5 Å². The van der Waals surface area contributed by atoms with Crippen LogP contribution in [0, 0.1) is 5.92 Å². The minimum Gasteiger partial charge on any atom is -0.455 e. The second-order valence-electron chi connectivity index (χ2n) is 6.44. The minimum absolute atomic E-state index is 0.139. The van der Waals surface area contributed by atoms with Gasteiger partial charge in [0.05, 0.1) is 5.92 Å². The Morgan fingerprint density at radius 2 is 2.00 bits per heavy atom. The van der Waals surface area contributed by atoms with Crippen molar-refractivity contribution in [2.75, 3.05) is 19.7 Å². The molecule has 1 aromatic heterocycles. The van der Waals surface area contributed by atoms with E-state index in [0.717, 1.165) is 29.8 Å². The van der Waals surface area contributed by atoms with Gasteiger partial charge in [0.15, 0.2) is 18.1 Å². The van der Waals surface area contributed by atoms with E-state index in [1.807, 2.05) is 24.3 Å². The number of nitrogens with zero attached hydrogens (tertiary/aromatic N) is 2. The highest BCUT2D eigenvalue weighted by Crippen LogP contribution is 2.29. The predicted octanol–water partition coefficient (Wildman–Crippen LogP) is 2.73. The lowest BCUT2D eigenvalue weighted by Crippen LogP contribution is -2.40. The van der Waals surface area contributed by atoms with Gasteiger partial charge in [-0.15, -0.1) is 0 Å². The molecule has 0 saturated carbocycles. The number of para-hydroxylation sites is 2. The van der Waals surface area contributed by atoms with Crippen molar-refractivity contribution in [2.24, 2.45) is 5.92 Å². The fourth-order valence-corrected chi connectivity index (χ4v) is 2.83. The fourth-order valence-electron chi connectivity index (χ4n) is 2.83. The standard InChI is InChI=1S/C18H22N2O4/c1-12(2)18(22)23-11-16(21)20-9-7-13(8-10-20)17-19-14-5-3-4-6-15(14)24-17/h3-6,12-13H,7-11H2,1-2H3. The number of hydrogen-bond acceptors (Lipinski definition) is 5. The number of ether oxygens (including phenoxy) is 1. The maximum Gasteiger partial charge on any atom is 0.308 e. The lowest BCUT2D eigenvalue weighted by atomic mass is 9.97. The largest absolute Gasteiger partial charge is 0.455 e. The highest BCUT2D eigenvalue weighted by atomic mass is 16.5. The SMILES string of the molecule is CC(C)C(=O)OCC(=O)N1CCC(c2nc3ccccc3o2)CC1. The molecule has 0 spiro atoms. The summed E-state index contributed by atoms with van der Waals surface area (Å²) in [6.45, 7) is 4.57. The number of likely N-dealkylation sites (tertiary alicyclic amines) is 1. The molecule has 6 heteroatoms. The molecule has 0 unspecified atom stereocenters. The zero-order chi connectivity index (χ0) is 17.1. The summed E-state index contributed by atoms with van der Waals surface area (Å²) in [5, 5.41) is 0. The Morgan fingerprint density at radius 3 is 2.67 bits per heavy atom. The molecule has 3 rings (SSSR count). The number of hydrogen-bond donors (Lipinski definition) is 0. The lowest BCUT2D eigenvalue weighted by Gasteiger charge is -2.30. The van der Waals surface area contributed by atoms with Crippen LogP contribution < -0.4 is 0 Å². The second-order valence-corrected chi connectivity index (χ2v) is 6.44. The molecule has 1 fully saturated rings. The maximum atomic E-state index is 12.1. The summed E-state index contributed by atoms with van der Waals surface area (Å²) in [4.78, 5) is 29.8. The van der Waals surface area contributed by atoms with Crippen molar-refractivity contribution in [3.8, 4) is 0 Å². The molecule has 0 bridgehead atoms. The van der Waals surface area contributed by atoms with E-state index in [1.165, 1.54) is 0 Å². The number of carbonyl (C=O) groups excluding carboxylic acids is 2. The van der Waals surface area contributed by atoms with Crippen molar-refractivity contribution in [3.63, 3.8) is 0 Å². The van der Waals surface area contributed by atoms with Crippen LogP contribution in [0.4, 0.5) is 0 Å². The van der Waals surface area contributed by atoms with Gasteiger partial charge in [-0.2, -0.15) is 0 Å². The van der Waals surface area contributed by atoms with Crippen LogP contribution in [-0.4, -0.2) is 41.5 Å². The smallest absolute Gasteiger partial charge is 0.308 e. The van der Waals surface area contributed by atoms with Crippen molar-refractivity contribution in [1.29, 1.82) is 0 Å². The first-order valence-corrected chi connectivity index (χ1v) is 8.34. The first kappa shape index (κ1) is 16.5. The van der Waals surface area contributed by atoms with Crippen LogP contribution in [0.5, 0.6) is 0 Å². The summed E-state index contributed by atoms with van der Waals surface area (Å²) in [5.74, 6) is 0.265. The number of carbonyl (C=O) groups is 2. The summed E-state index contributed by atoms with van der Waals surface area (Å²) in [6.07, 6.45) is 1.60. The molecule has 1 amide bonds. The molecule has 6 nitrogen and oxygen atoms in total. The third-order valence-electron chi connectivity index (χ3n) is 4.32. The molecule has 2 heterocycles. The molecule has 0 aliphatic carbocycles. The zero-order valence-corrected chi connectivity index (χ0v) is 14.0. The molecule has 1 aromatic carbocycles. The molecule has 2 aromatic rings. The highest BCUT2D eigenvalue weighted by molar-refractivity contribution is 5.81. The molecule has 128 valence electrons. The molecule has 1 aliphatic rings. The van der Waals surface area contributed by atoms with Gasteiger partial charge in [-0.25, -0.2) is 4.98 Å². The Hall–Kier alpha value is -2.37. The van der Waals surface area contributed by atoms with Crippen LogP contribution in [0.15, 0.2) is 28.7 Å². The van der Waals surface area contributed by atoms with Crippen LogP contribution in [-0.2, 0) is 14.3 Å². The quantitative estimate of drug-likeness (QED) is 0.806. The Bertz CT molecular complexity index is 696. The van der Waals surface area contributed by atoms with E-state index in [9.17, 15) is 9.59 Å². The minimum atomic E-state index is -0.343. The van der Waals surface area contributed by atoms with Crippen LogP contribution in [0.25, 0.3) is 11.1 Å². The molecular formula is C18H22N2O4. The molecule has 1 aliphatic heterocycles. The number of aromatic nitrogens is 1. The van der Waals surface area contributed by atoms with Crippen molar-refractivity contribution in [2.45, 2.75) is 32.6 Å². The summed E-state index contributed by atoms with van der Waals surface area (Å²) < 4.78 is 10.8. The van der Waals surface area contributed by atoms with Crippen molar-refractivity contribution >= 4 is 23.0 Å². The summed E-state index contributed by atoms with van der Waals surface area (Å²) in [6, 6.07) is 7.71. The van der Waals surface area contributed by atoms with E-state index in [2.05, 4.69) is 4.98 Å². The number of amides is 1. The topological polar surface area (TPSA) is 72.6 Å². The van der Waals surface area contributed by atoms with Gasteiger partial charge < -0.3 is 14.1 Å². The number of oxazole rings is 1. The van der Waals surface area contributed by atoms with Gasteiger partial charge in [0.2, 0.25) is 0 Å². The van der Waals surface area contributed by atoms with E-state index in [1.54, 1.807) is 18.7 Å². The first-order chi connectivity index (χ1) is 11.5. The normalized spacial score (nSPS) is 15.9. The van der Waals surface area contributed by atoms with Crippen molar-refractivity contribution in [3.05, 3.63) is 30.2 Å². The Balaban J connectivity index is 1.53. The van der Waals surface area contributed by atoms with E-state index in [0.29, 0.717) is 13.1 Å². The molecule has 1 saturated heterocycles. The fraction of sp³-hybridized carbons (Fsp3) is 0.500. The van der Waals surface area contributed by atoms with E-state index < -0.39 is 0 Å². The van der Waals surface area contributed by atoms with E-state index in [-0.39, 0.29) is 30.3 Å². The van der Waals surface area contributed by atoms with Crippen LogP contribution in [0.2, 0.25) is 0 Å². The predicted molar refractivity (Wildman–Crippen MR) is 88.4 cm³/mol. The summed E-state index contributed by atoms with van der Waals surface area (Å²) in [5.41, 5.74) is 1.67. The summed E-state index contributed by atoms with van der Waals surface area (Å²) in [7, 11) is 0. The van der Waals surface area contributed by atoms with Gasteiger partial charge in [-0.3, -0.25) is 9.59 Å². The number of esters is 1. The highest BCUT2D eigenvalue weighted by Gasteiger charge is 2.27. The van der Waals surface area contributed by atoms with Gasteiger partial charge in [0, 0.05) is 19.0 Å². The van der Waals surface area contributed by atoms with Gasteiger partial charge in [0.1, 0.15) is 5.52 Å². The average Bonchev–Trinajstić information content (AvgIpc) is 3.03. The molecule has 0 atom stereocenters. The van der Waals surface area contributed by atoms with Crippen LogP contribution >= 0.6 is 0 Å². The van der Waals surface area contributed by atoms with Crippen LogP contribution in [0.3, 0.4) is 0 Å². The van der Waals surface area contributed by atoms with Gasteiger partial charge in [-0.1, -0.05) is 26.0 Å². The molecular weight excluding hydrogens is 308 g/mol. The number of benzene rings is 1. The van der Waals surface area contributed by atoms with Crippen molar-refractivity contribution < 1.29 is 18.7 Å². The van der Waals surface area contributed by atoms with Gasteiger partial charge >= 0.3 is 5.97 Å². The van der Waals surface area contributed by atoms with Crippen molar-refractivity contribution in [1.82, 2.24) is 9.88 Å². The molecule has 0 N–H and O–H groups in total. The Kier molecular flexibility index (Phi) is 4.83. The third kappa shape index (κ3) is 3.58. The lowest BCUT2D eigenvalue weighted by molar-refractivity contribution is -0.155. The number of fused-ring (bicyclic) bond motifs is 1. The summed E-state index contributed by atoms with van der Waals surface area (Å²) >= 11 is 0. The maximum absolute atomic E-state index is 12.1. The monoisotopic (exact) mass is 330 g/mol. The van der Waals surface area contributed by atoms with E-state index >= 15 is 0 Å². The Morgan fingerprint density at radius 1 is 1.29 bits per heavy atom. The molecule has 0 radical (unpaired) electrons. The zero-order valence-electron chi connectivity index (χ0n) is 14.0. The molecule has 24 heavy (non-hydrogen) atoms.